The number of Topliss-reactive ketones (excluding diaryl/α,β-unsaturated/α-hetero) is 1. The van der Waals surface area contributed by atoms with E-state index in [0.29, 0.717) is 61.7 Å². The minimum atomic E-state index is -0.216. The first-order valence-electron chi connectivity index (χ1n) is 10.5. The van der Waals surface area contributed by atoms with Crippen LogP contribution in [0.1, 0.15) is 52.6 Å². The van der Waals surface area contributed by atoms with E-state index < -0.39 is 0 Å². The number of anilines is 1. The Morgan fingerprint density at radius 1 is 1.16 bits per heavy atom. The summed E-state index contributed by atoms with van der Waals surface area (Å²) in [6.45, 7) is 8.28. The average Bonchev–Trinajstić information content (AvgIpc) is 3.21. The van der Waals surface area contributed by atoms with Crippen LogP contribution in [0.15, 0.2) is 22.8 Å². The molecule has 2 aromatic heterocycles. The molecule has 1 aliphatic carbocycles. The highest BCUT2D eigenvalue weighted by molar-refractivity contribution is 6.00. The van der Waals surface area contributed by atoms with Crippen molar-refractivity contribution in [2.24, 2.45) is 5.41 Å². The Balaban J connectivity index is 1.34. The third kappa shape index (κ3) is 4.66. The predicted octanol–water partition coefficient (Wildman–Crippen LogP) is 1.93. The van der Waals surface area contributed by atoms with Crippen LogP contribution in [-0.2, 0) is 11.2 Å². The second-order valence-electron chi connectivity index (χ2n) is 8.99. The van der Waals surface area contributed by atoms with Crippen LogP contribution in [-0.4, -0.2) is 70.1 Å². The number of hydrogen-bond acceptors (Lipinski definition) is 7. The lowest BCUT2D eigenvalue weighted by Gasteiger charge is -2.33. The van der Waals surface area contributed by atoms with Crippen molar-refractivity contribution in [2.75, 3.05) is 38.0 Å². The highest BCUT2D eigenvalue weighted by atomic mass is 16.3. The molecule has 31 heavy (non-hydrogen) atoms. The zero-order chi connectivity index (χ0) is 22.2. The summed E-state index contributed by atoms with van der Waals surface area (Å²) in [7, 11) is 0. The second-order valence-corrected chi connectivity index (χ2v) is 8.99. The number of hydrogen-bond donors (Lipinski definition) is 1. The molecule has 0 unspecified atom stereocenters. The fourth-order valence-corrected chi connectivity index (χ4v) is 4.25. The number of fused-ring (bicyclic) bond motifs is 1. The molecule has 2 amide bonds. The van der Waals surface area contributed by atoms with E-state index in [1.807, 2.05) is 18.7 Å². The van der Waals surface area contributed by atoms with Gasteiger partial charge in [0.15, 0.2) is 11.5 Å². The number of furan rings is 1. The number of ketones is 1. The van der Waals surface area contributed by atoms with Crippen LogP contribution in [0, 0.1) is 12.3 Å². The number of nitrogens with one attached hydrogen (secondary N) is 1. The summed E-state index contributed by atoms with van der Waals surface area (Å²) in [4.78, 5) is 49.9. The summed E-state index contributed by atoms with van der Waals surface area (Å²) in [6, 6.07) is 3.34. The fraction of sp³-hybridized carbons (Fsp3) is 0.500. The van der Waals surface area contributed by atoms with Crippen molar-refractivity contribution >= 4 is 23.5 Å². The van der Waals surface area contributed by atoms with E-state index in [0.717, 1.165) is 0 Å². The van der Waals surface area contributed by atoms with Crippen LogP contribution in [0.25, 0.3) is 0 Å². The van der Waals surface area contributed by atoms with Crippen LogP contribution in [0.5, 0.6) is 0 Å². The number of carbonyl (C=O) groups excluding carboxylic acids is 3. The summed E-state index contributed by atoms with van der Waals surface area (Å²) < 4.78 is 5.17. The van der Waals surface area contributed by atoms with Crippen molar-refractivity contribution in [1.82, 2.24) is 19.8 Å². The Morgan fingerprint density at radius 3 is 2.58 bits per heavy atom. The SMILES string of the molecule is Cc1nc(NC(=O)CN2CCN(C(=O)c3ccco3)CC2)nc2c1C(=O)CC(C)(C)C2. The number of nitrogens with zero attached hydrogens (tertiary/aromatic N) is 4. The van der Waals surface area contributed by atoms with Crippen LogP contribution >= 0.6 is 0 Å². The summed E-state index contributed by atoms with van der Waals surface area (Å²) in [5.74, 6) is 0.269. The van der Waals surface area contributed by atoms with Crippen LogP contribution < -0.4 is 5.32 Å². The van der Waals surface area contributed by atoms with Crippen molar-refractivity contribution in [2.45, 2.75) is 33.6 Å². The van der Waals surface area contributed by atoms with Gasteiger partial charge in [0.25, 0.3) is 5.91 Å². The average molecular weight is 425 g/mol. The lowest BCUT2D eigenvalue weighted by Crippen LogP contribution is -2.50. The quantitative estimate of drug-likeness (QED) is 0.797. The summed E-state index contributed by atoms with van der Waals surface area (Å²) in [5.41, 5.74) is 1.74. The van der Waals surface area contributed by atoms with Gasteiger partial charge in [0, 0.05) is 32.6 Å². The lowest BCUT2D eigenvalue weighted by molar-refractivity contribution is -0.117. The molecule has 4 rings (SSSR count). The Hall–Kier alpha value is -3.07. The molecule has 0 radical (unpaired) electrons. The maximum atomic E-state index is 12.6. The van der Waals surface area contributed by atoms with E-state index in [9.17, 15) is 14.4 Å². The molecule has 164 valence electrons. The second kappa shape index (κ2) is 8.22. The smallest absolute Gasteiger partial charge is 0.289 e. The van der Waals surface area contributed by atoms with E-state index in [2.05, 4.69) is 15.3 Å². The van der Waals surface area contributed by atoms with Crippen molar-refractivity contribution in [3.63, 3.8) is 0 Å². The van der Waals surface area contributed by atoms with Gasteiger partial charge in [0.2, 0.25) is 11.9 Å². The first-order valence-corrected chi connectivity index (χ1v) is 10.5. The molecule has 0 aromatic carbocycles. The normalized spacial score (nSPS) is 18.5. The third-order valence-electron chi connectivity index (χ3n) is 5.74. The number of aryl methyl sites for hydroxylation is 1. The molecule has 2 aliphatic rings. The van der Waals surface area contributed by atoms with Gasteiger partial charge in [-0.1, -0.05) is 13.8 Å². The molecule has 1 N–H and O–H groups in total. The molecule has 2 aromatic rings. The van der Waals surface area contributed by atoms with Gasteiger partial charge >= 0.3 is 0 Å². The van der Waals surface area contributed by atoms with Gasteiger partial charge in [0.1, 0.15) is 0 Å². The Labute approximate surface area is 180 Å². The monoisotopic (exact) mass is 425 g/mol. The number of rotatable bonds is 4. The van der Waals surface area contributed by atoms with E-state index in [1.165, 1.54) is 6.26 Å². The number of aromatic nitrogens is 2. The topological polar surface area (TPSA) is 109 Å². The van der Waals surface area contributed by atoms with Gasteiger partial charge in [-0.05, 0) is 30.9 Å². The molecule has 0 saturated carbocycles. The molecule has 9 nitrogen and oxygen atoms in total. The van der Waals surface area contributed by atoms with E-state index >= 15 is 0 Å². The highest BCUT2D eigenvalue weighted by Gasteiger charge is 2.34. The minimum absolute atomic E-state index is 0.0589. The fourth-order valence-electron chi connectivity index (χ4n) is 4.25. The van der Waals surface area contributed by atoms with Gasteiger partial charge in [-0.25, -0.2) is 9.97 Å². The first kappa shape index (κ1) is 21.2. The highest BCUT2D eigenvalue weighted by Crippen LogP contribution is 2.35. The summed E-state index contributed by atoms with van der Waals surface area (Å²) >= 11 is 0. The summed E-state index contributed by atoms with van der Waals surface area (Å²) in [5, 5.41) is 2.77. The molecule has 9 heteroatoms. The van der Waals surface area contributed by atoms with Gasteiger partial charge in [-0.2, -0.15) is 0 Å². The van der Waals surface area contributed by atoms with Crippen LogP contribution in [0.2, 0.25) is 0 Å². The molecular weight excluding hydrogens is 398 g/mol. The predicted molar refractivity (Wildman–Crippen MR) is 113 cm³/mol. The van der Waals surface area contributed by atoms with E-state index in [-0.39, 0.29) is 35.5 Å². The first-order chi connectivity index (χ1) is 14.7. The van der Waals surface area contributed by atoms with Gasteiger partial charge < -0.3 is 9.32 Å². The third-order valence-corrected chi connectivity index (χ3v) is 5.74. The molecule has 1 aliphatic heterocycles. The maximum absolute atomic E-state index is 12.6. The standard InChI is InChI=1S/C22H27N5O4/c1-14-19-15(11-22(2,3)12-16(19)28)24-21(23-14)25-18(29)13-26-6-8-27(9-7-26)20(30)17-5-4-10-31-17/h4-5,10H,6-9,11-13H2,1-3H3,(H,23,24,25,29). The molecule has 1 saturated heterocycles. The van der Waals surface area contributed by atoms with Crippen LogP contribution in [0.3, 0.4) is 0 Å². The zero-order valence-corrected chi connectivity index (χ0v) is 18.1. The summed E-state index contributed by atoms with van der Waals surface area (Å²) in [6.07, 6.45) is 2.63. The molecular formula is C22H27N5O4. The van der Waals surface area contributed by atoms with Gasteiger partial charge in [-0.15, -0.1) is 0 Å². The van der Waals surface area contributed by atoms with Gasteiger partial charge in [-0.3, -0.25) is 24.6 Å². The molecule has 1 fully saturated rings. The largest absolute Gasteiger partial charge is 0.459 e. The number of carbonyl (C=O) groups is 3. The van der Waals surface area contributed by atoms with Crippen molar-refractivity contribution < 1.29 is 18.8 Å². The van der Waals surface area contributed by atoms with Crippen LogP contribution in [0.4, 0.5) is 5.95 Å². The number of amides is 2. The van der Waals surface area contributed by atoms with Crippen molar-refractivity contribution in [3.8, 4) is 0 Å². The Kier molecular flexibility index (Phi) is 5.62. The molecule has 0 spiro atoms. The van der Waals surface area contributed by atoms with E-state index in [1.54, 1.807) is 24.0 Å². The zero-order valence-electron chi connectivity index (χ0n) is 18.1. The van der Waals surface area contributed by atoms with Crippen molar-refractivity contribution in [3.05, 3.63) is 41.1 Å². The Bertz CT molecular complexity index is 1010. The molecule has 0 atom stereocenters. The van der Waals surface area contributed by atoms with Gasteiger partial charge in [0.05, 0.1) is 29.8 Å². The Morgan fingerprint density at radius 2 is 1.90 bits per heavy atom. The minimum Gasteiger partial charge on any atom is -0.459 e. The number of piperazine rings is 1. The lowest BCUT2D eigenvalue weighted by atomic mass is 9.75. The maximum Gasteiger partial charge on any atom is 0.289 e. The van der Waals surface area contributed by atoms with Crippen molar-refractivity contribution in [1.29, 1.82) is 0 Å². The van der Waals surface area contributed by atoms with E-state index in [4.69, 9.17) is 4.42 Å². The molecule has 0 bridgehead atoms. The molecule has 3 heterocycles.